The summed E-state index contributed by atoms with van der Waals surface area (Å²) in [6.07, 6.45) is -1.51. The largest absolute Gasteiger partial charge is 0.443 e. The molecule has 0 aromatic carbocycles. The van der Waals surface area contributed by atoms with Crippen molar-refractivity contribution in [1.82, 2.24) is 10.3 Å². The Hall–Kier alpha value is -0.620. The van der Waals surface area contributed by atoms with Crippen LogP contribution in [0.1, 0.15) is 30.2 Å². The monoisotopic (exact) mass is 252 g/mol. The first kappa shape index (κ1) is 13.4. The number of aromatic nitrogens is 1. The molecule has 0 aliphatic heterocycles. The standard InChI is InChI=1S/C10H15F3N2S/c1-7(2)14-5-3-4-8-6-15-9(16-8)10(11,12)13/h6-7,14H,3-5H2,1-2H3. The Balaban J connectivity index is 2.36. The molecule has 0 saturated heterocycles. The molecule has 0 aliphatic carbocycles. The fraction of sp³-hybridized carbons (Fsp3) is 0.700. The third kappa shape index (κ3) is 4.49. The number of aryl methyl sites for hydroxylation is 1. The van der Waals surface area contributed by atoms with E-state index in [4.69, 9.17) is 0 Å². The van der Waals surface area contributed by atoms with E-state index < -0.39 is 11.2 Å². The van der Waals surface area contributed by atoms with Gasteiger partial charge in [-0.25, -0.2) is 4.98 Å². The van der Waals surface area contributed by atoms with Gasteiger partial charge < -0.3 is 5.32 Å². The summed E-state index contributed by atoms with van der Waals surface area (Å²) >= 11 is 0.735. The first-order chi connectivity index (χ1) is 7.39. The van der Waals surface area contributed by atoms with Crippen molar-refractivity contribution < 1.29 is 13.2 Å². The number of nitrogens with zero attached hydrogens (tertiary/aromatic N) is 1. The van der Waals surface area contributed by atoms with E-state index in [1.807, 2.05) is 13.8 Å². The Morgan fingerprint density at radius 2 is 2.12 bits per heavy atom. The van der Waals surface area contributed by atoms with Gasteiger partial charge in [0.25, 0.3) is 0 Å². The molecule has 0 unspecified atom stereocenters. The Morgan fingerprint density at radius 3 is 2.62 bits per heavy atom. The summed E-state index contributed by atoms with van der Waals surface area (Å²) in [5, 5.41) is 2.46. The minimum Gasteiger partial charge on any atom is -0.315 e. The number of nitrogens with one attached hydrogen (secondary N) is 1. The highest BCUT2D eigenvalue weighted by molar-refractivity contribution is 7.11. The Kier molecular flexibility index (Phi) is 4.73. The molecule has 92 valence electrons. The molecule has 0 bridgehead atoms. The highest BCUT2D eigenvalue weighted by Gasteiger charge is 2.34. The van der Waals surface area contributed by atoms with E-state index in [2.05, 4.69) is 10.3 Å². The lowest BCUT2D eigenvalue weighted by Gasteiger charge is -2.06. The van der Waals surface area contributed by atoms with Crippen LogP contribution in [0.3, 0.4) is 0 Å². The van der Waals surface area contributed by atoms with Crippen molar-refractivity contribution in [3.63, 3.8) is 0 Å². The molecule has 0 aliphatic rings. The number of hydrogen-bond donors (Lipinski definition) is 1. The minimum atomic E-state index is -4.31. The van der Waals surface area contributed by atoms with Gasteiger partial charge >= 0.3 is 6.18 Å². The van der Waals surface area contributed by atoms with Crippen LogP contribution in [-0.2, 0) is 12.6 Å². The second kappa shape index (κ2) is 5.63. The topological polar surface area (TPSA) is 24.9 Å². The number of halogens is 3. The van der Waals surface area contributed by atoms with Gasteiger partial charge in [-0.15, -0.1) is 11.3 Å². The molecule has 0 atom stereocenters. The van der Waals surface area contributed by atoms with Crippen LogP contribution in [0.5, 0.6) is 0 Å². The molecule has 1 aromatic rings. The van der Waals surface area contributed by atoms with Gasteiger partial charge in [-0.2, -0.15) is 13.2 Å². The second-order valence-electron chi connectivity index (χ2n) is 3.84. The highest BCUT2D eigenvalue weighted by atomic mass is 32.1. The Morgan fingerprint density at radius 1 is 1.44 bits per heavy atom. The van der Waals surface area contributed by atoms with Crippen LogP contribution in [0.25, 0.3) is 0 Å². The van der Waals surface area contributed by atoms with Crippen molar-refractivity contribution >= 4 is 11.3 Å². The third-order valence-electron chi connectivity index (χ3n) is 1.95. The van der Waals surface area contributed by atoms with Gasteiger partial charge in [-0.1, -0.05) is 13.8 Å². The fourth-order valence-corrected chi connectivity index (χ4v) is 2.03. The summed E-state index contributed by atoms with van der Waals surface area (Å²) in [5.74, 6) is 0. The highest BCUT2D eigenvalue weighted by Crippen LogP contribution is 2.32. The molecule has 1 N–H and O–H groups in total. The lowest BCUT2D eigenvalue weighted by Crippen LogP contribution is -2.23. The number of alkyl halides is 3. The van der Waals surface area contributed by atoms with Crippen LogP contribution in [-0.4, -0.2) is 17.6 Å². The first-order valence-corrected chi connectivity index (χ1v) is 5.96. The number of hydrogen-bond acceptors (Lipinski definition) is 3. The lowest BCUT2D eigenvalue weighted by molar-refractivity contribution is -0.137. The number of rotatable bonds is 5. The van der Waals surface area contributed by atoms with Gasteiger partial charge in [-0.05, 0) is 19.4 Å². The first-order valence-electron chi connectivity index (χ1n) is 5.15. The van der Waals surface area contributed by atoms with Crippen molar-refractivity contribution in [1.29, 1.82) is 0 Å². The molecule has 0 amide bonds. The van der Waals surface area contributed by atoms with Crippen molar-refractivity contribution in [2.24, 2.45) is 0 Å². The average Bonchev–Trinajstić information content (AvgIpc) is 2.59. The van der Waals surface area contributed by atoms with Gasteiger partial charge in [-0.3, -0.25) is 0 Å². The molecule has 0 spiro atoms. The molecule has 0 fully saturated rings. The van der Waals surface area contributed by atoms with Crippen LogP contribution in [0.4, 0.5) is 13.2 Å². The predicted molar refractivity (Wildman–Crippen MR) is 58.6 cm³/mol. The maximum absolute atomic E-state index is 12.2. The van der Waals surface area contributed by atoms with E-state index in [0.717, 1.165) is 24.3 Å². The maximum Gasteiger partial charge on any atom is 0.443 e. The molecule has 0 radical (unpaired) electrons. The smallest absolute Gasteiger partial charge is 0.315 e. The molecule has 6 heteroatoms. The normalized spacial score (nSPS) is 12.4. The van der Waals surface area contributed by atoms with Crippen molar-refractivity contribution in [2.75, 3.05) is 6.54 Å². The molecule has 1 rings (SSSR count). The molecular formula is C10H15F3N2S. The molecule has 1 heterocycles. The lowest BCUT2D eigenvalue weighted by atomic mass is 10.2. The van der Waals surface area contributed by atoms with Gasteiger partial charge in [0.05, 0.1) is 0 Å². The molecule has 2 nitrogen and oxygen atoms in total. The summed E-state index contributed by atoms with van der Waals surface area (Å²) in [7, 11) is 0. The van der Waals surface area contributed by atoms with E-state index in [9.17, 15) is 13.2 Å². The summed E-state index contributed by atoms with van der Waals surface area (Å²) in [5.41, 5.74) is 0. The fourth-order valence-electron chi connectivity index (χ4n) is 1.21. The number of thiazole rings is 1. The average molecular weight is 252 g/mol. The zero-order valence-electron chi connectivity index (χ0n) is 9.27. The van der Waals surface area contributed by atoms with E-state index >= 15 is 0 Å². The van der Waals surface area contributed by atoms with Crippen LogP contribution in [0, 0.1) is 0 Å². The Labute approximate surface area is 96.9 Å². The van der Waals surface area contributed by atoms with Crippen LogP contribution >= 0.6 is 11.3 Å². The summed E-state index contributed by atoms with van der Waals surface area (Å²) in [6, 6.07) is 0.409. The second-order valence-corrected chi connectivity index (χ2v) is 4.96. The van der Waals surface area contributed by atoms with E-state index in [0.29, 0.717) is 17.3 Å². The van der Waals surface area contributed by atoms with Crippen molar-refractivity contribution in [3.05, 3.63) is 16.1 Å². The molecule has 0 saturated carbocycles. The van der Waals surface area contributed by atoms with Gasteiger partial charge in [0.2, 0.25) is 0 Å². The zero-order valence-corrected chi connectivity index (χ0v) is 10.1. The SMILES string of the molecule is CC(C)NCCCc1cnc(C(F)(F)F)s1. The predicted octanol–water partition coefficient (Wildman–Crippen LogP) is 3.09. The van der Waals surface area contributed by atoms with E-state index in [1.165, 1.54) is 6.20 Å². The zero-order chi connectivity index (χ0) is 12.2. The minimum absolute atomic E-state index is 0.409. The van der Waals surface area contributed by atoms with Crippen LogP contribution < -0.4 is 5.32 Å². The van der Waals surface area contributed by atoms with Gasteiger partial charge in [0.15, 0.2) is 5.01 Å². The summed E-state index contributed by atoms with van der Waals surface area (Å²) in [6.45, 7) is 4.89. The van der Waals surface area contributed by atoms with Crippen molar-refractivity contribution in [2.45, 2.75) is 38.9 Å². The van der Waals surface area contributed by atoms with Crippen LogP contribution in [0.2, 0.25) is 0 Å². The third-order valence-corrected chi connectivity index (χ3v) is 3.05. The van der Waals surface area contributed by atoms with Gasteiger partial charge in [0, 0.05) is 17.1 Å². The summed E-state index contributed by atoms with van der Waals surface area (Å²) in [4.78, 5) is 4.07. The molecular weight excluding hydrogens is 237 g/mol. The van der Waals surface area contributed by atoms with E-state index in [1.54, 1.807) is 0 Å². The van der Waals surface area contributed by atoms with Crippen LogP contribution in [0.15, 0.2) is 6.20 Å². The van der Waals surface area contributed by atoms with E-state index in [-0.39, 0.29) is 0 Å². The maximum atomic E-state index is 12.2. The molecule has 16 heavy (non-hydrogen) atoms. The Bertz CT molecular complexity index is 320. The quantitative estimate of drug-likeness (QED) is 0.814. The van der Waals surface area contributed by atoms with Crippen molar-refractivity contribution in [3.8, 4) is 0 Å². The summed E-state index contributed by atoms with van der Waals surface area (Å²) < 4.78 is 36.7. The molecule has 1 aromatic heterocycles. The van der Waals surface area contributed by atoms with Gasteiger partial charge in [0.1, 0.15) is 0 Å².